The third-order valence-corrected chi connectivity index (χ3v) is 3.76. The summed E-state index contributed by atoms with van der Waals surface area (Å²) in [4.78, 5) is 1.24. The standard InChI is InChI=1S/C12H16OS/c1-14-11-6-4-5-10(9-11)12(13)7-2-3-8-12/h4-6,9,13H,2-3,7-8H2,1H3. The molecule has 1 fully saturated rings. The minimum Gasteiger partial charge on any atom is -0.385 e. The first kappa shape index (κ1) is 10.1. The van der Waals surface area contributed by atoms with Crippen LogP contribution in [0.1, 0.15) is 31.2 Å². The van der Waals surface area contributed by atoms with E-state index in [1.807, 2.05) is 12.1 Å². The summed E-state index contributed by atoms with van der Waals surface area (Å²) >= 11 is 1.73. The van der Waals surface area contributed by atoms with E-state index in [1.54, 1.807) is 11.8 Å². The quantitative estimate of drug-likeness (QED) is 0.753. The molecular formula is C12H16OS. The number of thioether (sulfide) groups is 1. The van der Waals surface area contributed by atoms with Gasteiger partial charge in [0.15, 0.2) is 0 Å². The van der Waals surface area contributed by atoms with Crippen LogP contribution in [0.15, 0.2) is 29.2 Å². The highest BCUT2D eigenvalue weighted by Crippen LogP contribution is 2.39. The van der Waals surface area contributed by atoms with Gasteiger partial charge in [0.05, 0.1) is 5.60 Å². The lowest BCUT2D eigenvalue weighted by atomic mass is 9.92. The topological polar surface area (TPSA) is 20.2 Å². The lowest BCUT2D eigenvalue weighted by molar-refractivity contribution is 0.0443. The van der Waals surface area contributed by atoms with E-state index in [0.29, 0.717) is 0 Å². The summed E-state index contributed by atoms with van der Waals surface area (Å²) in [5.41, 5.74) is 0.563. The Morgan fingerprint density at radius 2 is 2.00 bits per heavy atom. The van der Waals surface area contributed by atoms with Gasteiger partial charge in [0.2, 0.25) is 0 Å². The molecule has 0 saturated heterocycles. The van der Waals surface area contributed by atoms with E-state index in [-0.39, 0.29) is 0 Å². The molecule has 0 aliphatic heterocycles. The maximum atomic E-state index is 10.4. The summed E-state index contributed by atoms with van der Waals surface area (Å²) in [5.74, 6) is 0. The molecule has 0 spiro atoms. The molecule has 1 aromatic rings. The molecule has 0 unspecified atom stereocenters. The summed E-state index contributed by atoms with van der Waals surface area (Å²) in [6.07, 6.45) is 6.22. The second kappa shape index (κ2) is 3.95. The summed E-state index contributed by atoms with van der Waals surface area (Å²) in [6, 6.07) is 8.30. The van der Waals surface area contributed by atoms with Crippen LogP contribution in [-0.2, 0) is 5.60 Å². The summed E-state index contributed by atoms with van der Waals surface area (Å²) in [7, 11) is 0. The Kier molecular flexibility index (Phi) is 2.84. The number of hydrogen-bond donors (Lipinski definition) is 1. The van der Waals surface area contributed by atoms with Crippen molar-refractivity contribution in [2.75, 3.05) is 6.26 Å². The third-order valence-electron chi connectivity index (χ3n) is 3.04. The van der Waals surface area contributed by atoms with Crippen LogP contribution in [0.4, 0.5) is 0 Å². The van der Waals surface area contributed by atoms with Crippen molar-refractivity contribution in [3.8, 4) is 0 Å². The van der Waals surface area contributed by atoms with Gasteiger partial charge in [-0.2, -0.15) is 0 Å². The second-order valence-corrected chi connectivity index (χ2v) is 4.85. The molecule has 76 valence electrons. The molecule has 0 aromatic heterocycles. The normalized spacial score (nSPS) is 19.9. The van der Waals surface area contributed by atoms with E-state index in [4.69, 9.17) is 0 Å². The van der Waals surface area contributed by atoms with Gasteiger partial charge < -0.3 is 5.11 Å². The molecule has 0 amide bonds. The summed E-state index contributed by atoms with van der Waals surface area (Å²) in [5, 5.41) is 10.4. The molecule has 1 aliphatic carbocycles. The smallest absolute Gasteiger partial charge is 0.0897 e. The summed E-state index contributed by atoms with van der Waals surface area (Å²) < 4.78 is 0. The minimum atomic E-state index is -0.536. The van der Waals surface area contributed by atoms with Gasteiger partial charge in [0.25, 0.3) is 0 Å². The van der Waals surface area contributed by atoms with Crippen LogP contribution in [0.5, 0.6) is 0 Å². The predicted octanol–water partition coefficient (Wildman–Crippen LogP) is 3.17. The zero-order valence-electron chi connectivity index (χ0n) is 8.49. The Hall–Kier alpha value is -0.470. The Labute approximate surface area is 89.5 Å². The van der Waals surface area contributed by atoms with Gasteiger partial charge in [0, 0.05) is 4.90 Å². The first-order valence-electron chi connectivity index (χ1n) is 5.11. The van der Waals surface area contributed by atoms with Crippen LogP contribution in [0, 0.1) is 0 Å². The van der Waals surface area contributed by atoms with E-state index in [9.17, 15) is 5.11 Å². The summed E-state index contributed by atoms with van der Waals surface area (Å²) in [6.45, 7) is 0. The number of rotatable bonds is 2. The maximum Gasteiger partial charge on any atom is 0.0897 e. The number of benzene rings is 1. The Morgan fingerprint density at radius 1 is 1.29 bits per heavy atom. The highest BCUT2D eigenvalue weighted by Gasteiger charge is 2.32. The fraction of sp³-hybridized carbons (Fsp3) is 0.500. The third kappa shape index (κ3) is 1.82. The number of aliphatic hydroxyl groups is 1. The average molecular weight is 208 g/mol. The van der Waals surface area contributed by atoms with Gasteiger partial charge in [-0.1, -0.05) is 25.0 Å². The van der Waals surface area contributed by atoms with Crippen LogP contribution >= 0.6 is 11.8 Å². The molecule has 0 bridgehead atoms. The van der Waals surface area contributed by atoms with Crippen molar-refractivity contribution in [1.82, 2.24) is 0 Å². The first-order valence-corrected chi connectivity index (χ1v) is 6.34. The SMILES string of the molecule is CSc1cccc(C2(O)CCCC2)c1. The molecule has 1 saturated carbocycles. The van der Waals surface area contributed by atoms with Crippen molar-refractivity contribution in [2.45, 2.75) is 36.2 Å². The molecular weight excluding hydrogens is 192 g/mol. The molecule has 2 rings (SSSR count). The first-order chi connectivity index (χ1) is 6.74. The molecule has 0 radical (unpaired) electrons. The van der Waals surface area contributed by atoms with Gasteiger partial charge in [-0.3, -0.25) is 0 Å². The molecule has 14 heavy (non-hydrogen) atoms. The Morgan fingerprint density at radius 3 is 2.64 bits per heavy atom. The molecule has 0 heterocycles. The van der Waals surface area contributed by atoms with Gasteiger partial charge in [-0.25, -0.2) is 0 Å². The fourth-order valence-corrected chi connectivity index (χ4v) is 2.62. The average Bonchev–Trinajstić information content (AvgIpc) is 2.67. The van der Waals surface area contributed by atoms with E-state index >= 15 is 0 Å². The van der Waals surface area contributed by atoms with Crippen molar-refractivity contribution in [3.63, 3.8) is 0 Å². The number of hydrogen-bond acceptors (Lipinski definition) is 2. The van der Waals surface area contributed by atoms with Crippen LogP contribution in [0.3, 0.4) is 0 Å². The molecule has 1 aliphatic rings. The van der Waals surface area contributed by atoms with Gasteiger partial charge >= 0.3 is 0 Å². The van der Waals surface area contributed by atoms with Crippen molar-refractivity contribution >= 4 is 11.8 Å². The fourth-order valence-electron chi connectivity index (χ4n) is 2.16. The minimum absolute atomic E-state index is 0.536. The van der Waals surface area contributed by atoms with Crippen molar-refractivity contribution in [1.29, 1.82) is 0 Å². The van der Waals surface area contributed by atoms with E-state index in [1.165, 1.54) is 4.90 Å². The predicted molar refractivity (Wildman–Crippen MR) is 60.6 cm³/mol. The highest BCUT2D eigenvalue weighted by atomic mass is 32.2. The van der Waals surface area contributed by atoms with E-state index in [0.717, 1.165) is 31.2 Å². The van der Waals surface area contributed by atoms with Crippen LogP contribution in [0.25, 0.3) is 0 Å². The second-order valence-electron chi connectivity index (χ2n) is 3.97. The molecule has 0 atom stereocenters. The maximum absolute atomic E-state index is 10.4. The molecule has 2 heteroatoms. The lowest BCUT2D eigenvalue weighted by Crippen LogP contribution is -2.20. The van der Waals surface area contributed by atoms with Gasteiger partial charge in [-0.15, -0.1) is 11.8 Å². The Balaban J connectivity index is 2.30. The van der Waals surface area contributed by atoms with Crippen molar-refractivity contribution in [3.05, 3.63) is 29.8 Å². The van der Waals surface area contributed by atoms with Crippen LogP contribution in [0.2, 0.25) is 0 Å². The highest BCUT2D eigenvalue weighted by molar-refractivity contribution is 7.98. The molecule has 1 N–H and O–H groups in total. The van der Waals surface area contributed by atoms with E-state index < -0.39 is 5.60 Å². The zero-order chi connectivity index (χ0) is 10.0. The molecule has 1 nitrogen and oxygen atoms in total. The van der Waals surface area contributed by atoms with Crippen LogP contribution in [-0.4, -0.2) is 11.4 Å². The Bertz CT molecular complexity index is 316. The molecule has 1 aromatic carbocycles. The van der Waals surface area contributed by atoms with Crippen LogP contribution < -0.4 is 0 Å². The van der Waals surface area contributed by atoms with Gasteiger partial charge in [-0.05, 0) is 36.8 Å². The van der Waals surface area contributed by atoms with Gasteiger partial charge in [0.1, 0.15) is 0 Å². The monoisotopic (exact) mass is 208 g/mol. The lowest BCUT2D eigenvalue weighted by Gasteiger charge is -2.22. The van der Waals surface area contributed by atoms with Crippen molar-refractivity contribution < 1.29 is 5.11 Å². The van der Waals surface area contributed by atoms with Crippen molar-refractivity contribution in [2.24, 2.45) is 0 Å². The largest absolute Gasteiger partial charge is 0.385 e. The van der Waals surface area contributed by atoms with E-state index in [2.05, 4.69) is 18.4 Å². The zero-order valence-corrected chi connectivity index (χ0v) is 9.31.